The van der Waals surface area contributed by atoms with Gasteiger partial charge in [-0.25, -0.2) is 4.39 Å². The highest BCUT2D eigenvalue weighted by atomic mass is 19.1. The van der Waals surface area contributed by atoms with Crippen LogP contribution in [-0.4, -0.2) is 36.3 Å². The zero-order valence-corrected chi connectivity index (χ0v) is 12.0. The van der Waals surface area contributed by atoms with Gasteiger partial charge < -0.3 is 9.84 Å². The number of benzene rings is 1. The summed E-state index contributed by atoms with van der Waals surface area (Å²) in [4.78, 5) is 2.30. The average Bonchev–Trinajstić information content (AvgIpc) is 2.41. The third-order valence-corrected chi connectivity index (χ3v) is 3.44. The molecule has 1 N–H and O–H groups in total. The van der Waals surface area contributed by atoms with Gasteiger partial charge in [-0.2, -0.15) is 0 Å². The summed E-state index contributed by atoms with van der Waals surface area (Å²) in [5, 5.41) is 9.21. The quantitative estimate of drug-likeness (QED) is 0.787. The Morgan fingerprint density at radius 2 is 2.00 bits per heavy atom. The number of aromatic hydroxyl groups is 1. The molecular formula is C15H24FNO2. The SMILES string of the molecule is CCC(CC)N(CCOC)Cc1ccc(O)c(F)c1. The van der Waals surface area contributed by atoms with Crippen LogP contribution < -0.4 is 0 Å². The maximum atomic E-state index is 13.4. The Hall–Kier alpha value is -1.13. The molecule has 19 heavy (non-hydrogen) atoms. The van der Waals surface area contributed by atoms with Crippen molar-refractivity contribution in [3.8, 4) is 5.75 Å². The molecule has 0 atom stereocenters. The van der Waals surface area contributed by atoms with Crippen molar-refractivity contribution in [2.24, 2.45) is 0 Å². The molecule has 108 valence electrons. The van der Waals surface area contributed by atoms with Crippen molar-refractivity contribution in [3.05, 3.63) is 29.6 Å². The van der Waals surface area contributed by atoms with Gasteiger partial charge in [0.05, 0.1) is 6.61 Å². The van der Waals surface area contributed by atoms with Crippen molar-refractivity contribution >= 4 is 0 Å². The van der Waals surface area contributed by atoms with Gasteiger partial charge in [0.1, 0.15) is 0 Å². The summed E-state index contributed by atoms with van der Waals surface area (Å²) in [6.45, 7) is 6.48. The van der Waals surface area contributed by atoms with E-state index in [0.717, 1.165) is 24.9 Å². The lowest BCUT2D eigenvalue weighted by Gasteiger charge is -2.30. The first-order valence-electron chi connectivity index (χ1n) is 6.82. The maximum Gasteiger partial charge on any atom is 0.165 e. The van der Waals surface area contributed by atoms with Crippen molar-refractivity contribution < 1.29 is 14.2 Å². The van der Waals surface area contributed by atoms with Gasteiger partial charge in [-0.15, -0.1) is 0 Å². The van der Waals surface area contributed by atoms with Crippen molar-refractivity contribution in [2.45, 2.75) is 39.3 Å². The summed E-state index contributed by atoms with van der Waals surface area (Å²) < 4.78 is 18.5. The number of rotatable bonds is 8. The van der Waals surface area contributed by atoms with Crippen LogP contribution in [0, 0.1) is 5.82 Å². The second-order valence-corrected chi connectivity index (χ2v) is 4.72. The summed E-state index contributed by atoms with van der Waals surface area (Å²) in [7, 11) is 1.69. The molecule has 3 nitrogen and oxygen atoms in total. The number of nitrogens with zero attached hydrogens (tertiary/aromatic N) is 1. The third-order valence-electron chi connectivity index (χ3n) is 3.44. The number of hydrogen-bond donors (Lipinski definition) is 1. The first-order valence-corrected chi connectivity index (χ1v) is 6.82. The van der Waals surface area contributed by atoms with Gasteiger partial charge in [-0.3, -0.25) is 4.90 Å². The number of methoxy groups -OCH3 is 1. The van der Waals surface area contributed by atoms with Crippen LogP contribution in [0.15, 0.2) is 18.2 Å². The average molecular weight is 269 g/mol. The second-order valence-electron chi connectivity index (χ2n) is 4.72. The number of ether oxygens (including phenoxy) is 1. The molecule has 0 fully saturated rings. The van der Waals surface area contributed by atoms with E-state index in [1.165, 1.54) is 12.1 Å². The number of phenolic OH excluding ortho intramolecular Hbond substituents is 1. The number of hydrogen-bond acceptors (Lipinski definition) is 3. The van der Waals surface area contributed by atoms with Crippen LogP contribution in [0.3, 0.4) is 0 Å². The summed E-state index contributed by atoms with van der Waals surface area (Å²) in [5.41, 5.74) is 0.873. The lowest BCUT2D eigenvalue weighted by molar-refractivity contribution is 0.110. The van der Waals surface area contributed by atoms with Crippen LogP contribution >= 0.6 is 0 Å². The fourth-order valence-electron chi connectivity index (χ4n) is 2.29. The van der Waals surface area contributed by atoms with E-state index in [9.17, 15) is 9.50 Å². The Morgan fingerprint density at radius 1 is 1.32 bits per heavy atom. The predicted molar refractivity (Wildman–Crippen MR) is 74.7 cm³/mol. The van der Waals surface area contributed by atoms with Crippen molar-refractivity contribution in [1.82, 2.24) is 4.90 Å². The van der Waals surface area contributed by atoms with Crippen LogP contribution in [0.4, 0.5) is 4.39 Å². The molecule has 0 radical (unpaired) electrons. The monoisotopic (exact) mass is 269 g/mol. The first-order chi connectivity index (χ1) is 9.12. The summed E-state index contributed by atoms with van der Waals surface area (Å²) in [6.07, 6.45) is 2.11. The molecule has 0 aliphatic rings. The molecule has 0 spiro atoms. The van der Waals surface area contributed by atoms with E-state index in [-0.39, 0.29) is 5.75 Å². The van der Waals surface area contributed by atoms with Crippen molar-refractivity contribution in [2.75, 3.05) is 20.3 Å². The molecule has 1 aromatic carbocycles. The van der Waals surface area contributed by atoms with Gasteiger partial charge >= 0.3 is 0 Å². The van der Waals surface area contributed by atoms with Gasteiger partial charge in [0.25, 0.3) is 0 Å². The highest BCUT2D eigenvalue weighted by molar-refractivity contribution is 5.28. The van der Waals surface area contributed by atoms with Gasteiger partial charge in [0.15, 0.2) is 11.6 Å². The Bertz CT molecular complexity index is 380. The van der Waals surface area contributed by atoms with Gasteiger partial charge in [-0.05, 0) is 30.5 Å². The minimum Gasteiger partial charge on any atom is -0.505 e. The summed E-state index contributed by atoms with van der Waals surface area (Å²) in [5.74, 6) is -0.858. The lowest BCUT2D eigenvalue weighted by atomic mass is 10.1. The van der Waals surface area contributed by atoms with E-state index in [1.54, 1.807) is 13.2 Å². The van der Waals surface area contributed by atoms with Crippen LogP contribution in [-0.2, 0) is 11.3 Å². The molecule has 4 heteroatoms. The highest BCUT2D eigenvalue weighted by Crippen LogP contribution is 2.19. The molecule has 0 saturated carbocycles. The predicted octanol–water partition coefficient (Wildman–Crippen LogP) is 3.17. The molecular weight excluding hydrogens is 245 g/mol. The maximum absolute atomic E-state index is 13.4. The first kappa shape index (κ1) is 15.9. The molecule has 0 aliphatic carbocycles. The third kappa shape index (κ3) is 4.80. The Morgan fingerprint density at radius 3 is 2.53 bits per heavy atom. The molecule has 0 saturated heterocycles. The Balaban J connectivity index is 2.77. The molecule has 1 aromatic rings. The fourth-order valence-corrected chi connectivity index (χ4v) is 2.29. The standard InChI is InChI=1S/C15H24FNO2/c1-4-13(5-2)17(8-9-19-3)11-12-6-7-15(18)14(16)10-12/h6-7,10,13,18H,4-5,8-9,11H2,1-3H3. The second kappa shape index (κ2) is 8.12. The fraction of sp³-hybridized carbons (Fsp3) is 0.600. The molecule has 1 rings (SSSR count). The molecule has 0 aliphatic heterocycles. The molecule has 0 heterocycles. The van der Waals surface area contributed by atoms with E-state index in [2.05, 4.69) is 18.7 Å². The smallest absolute Gasteiger partial charge is 0.165 e. The van der Waals surface area contributed by atoms with Crippen LogP contribution in [0.25, 0.3) is 0 Å². The van der Waals surface area contributed by atoms with E-state index in [0.29, 0.717) is 19.2 Å². The highest BCUT2D eigenvalue weighted by Gasteiger charge is 2.15. The largest absolute Gasteiger partial charge is 0.505 e. The minimum atomic E-state index is -0.561. The molecule has 0 amide bonds. The lowest BCUT2D eigenvalue weighted by Crippen LogP contribution is -2.36. The van der Waals surface area contributed by atoms with E-state index >= 15 is 0 Å². The normalized spacial score (nSPS) is 11.5. The molecule has 0 unspecified atom stereocenters. The van der Waals surface area contributed by atoms with Gasteiger partial charge in [0.2, 0.25) is 0 Å². The van der Waals surface area contributed by atoms with Gasteiger partial charge in [-0.1, -0.05) is 19.9 Å². The zero-order chi connectivity index (χ0) is 14.3. The molecule has 0 bridgehead atoms. The van der Waals surface area contributed by atoms with Crippen molar-refractivity contribution in [1.29, 1.82) is 0 Å². The number of halogens is 1. The van der Waals surface area contributed by atoms with Crippen LogP contribution in [0.5, 0.6) is 5.75 Å². The van der Waals surface area contributed by atoms with Gasteiger partial charge in [0, 0.05) is 26.2 Å². The van der Waals surface area contributed by atoms with E-state index in [1.807, 2.05) is 0 Å². The van der Waals surface area contributed by atoms with Crippen LogP contribution in [0.2, 0.25) is 0 Å². The zero-order valence-electron chi connectivity index (χ0n) is 12.0. The van der Waals surface area contributed by atoms with E-state index in [4.69, 9.17) is 4.74 Å². The number of phenols is 1. The molecule has 0 aromatic heterocycles. The summed E-state index contributed by atoms with van der Waals surface area (Å²) in [6, 6.07) is 5.04. The van der Waals surface area contributed by atoms with Crippen LogP contribution in [0.1, 0.15) is 32.3 Å². The van der Waals surface area contributed by atoms with Crippen molar-refractivity contribution in [3.63, 3.8) is 0 Å². The Labute approximate surface area is 115 Å². The van der Waals surface area contributed by atoms with E-state index < -0.39 is 5.82 Å². The topological polar surface area (TPSA) is 32.7 Å². The summed E-state index contributed by atoms with van der Waals surface area (Å²) >= 11 is 0. The minimum absolute atomic E-state index is 0.297. The Kier molecular flexibility index (Phi) is 6.81.